The van der Waals surface area contributed by atoms with Gasteiger partial charge in [-0.25, -0.2) is 0 Å². The standard InChI is InChI=1S/C23H33N5OS/c1-24-23(25-14-18-8-10-20(11-9-18)22(29)27(2)3)26-15-19-6-4-12-28(16-19)17-21-7-5-13-30-21/h5,7-11,13,19H,4,6,12,14-17H2,1-3H3,(H2,24,25,26). The lowest BCUT2D eigenvalue weighted by Gasteiger charge is -2.32. The molecule has 1 atom stereocenters. The lowest BCUT2D eigenvalue weighted by Crippen LogP contribution is -2.44. The number of hydrogen-bond donors (Lipinski definition) is 2. The van der Waals surface area contributed by atoms with Crippen molar-refractivity contribution in [2.24, 2.45) is 10.9 Å². The first-order valence-electron chi connectivity index (χ1n) is 10.5. The summed E-state index contributed by atoms with van der Waals surface area (Å²) in [6.07, 6.45) is 2.51. The number of thiophene rings is 1. The molecule has 7 heteroatoms. The van der Waals surface area contributed by atoms with Crippen LogP contribution in [0.25, 0.3) is 0 Å². The normalized spacial score (nSPS) is 17.6. The van der Waals surface area contributed by atoms with Crippen LogP contribution in [0.2, 0.25) is 0 Å². The van der Waals surface area contributed by atoms with Crippen LogP contribution in [0, 0.1) is 5.92 Å². The highest BCUT2D eigenvalue weighted by atomic mass is 32.1. The summed E-state index contributed by atoms with van der Waals surface area (Å²) in [4.78, 5) is 21.9. The van der Waals surface area contributed by atoms with E-state index in [4.69, 9.17) is 0 Å². The lowest BCUT2D eigenvalue weighted by molar-refractivity contribution is 0.0827. The first-order chi connectivity index (χ1) is 14.5. The topological polar surface area (TPSA) is 60.0 Å². The van der Waals surface area contributed by atoms with Gasteiger partial charge in [-0.3, -0.25) is 14.7 Å². The molecular formula is C23H33N5OS. The summed E-state index contributed by atoms with van der Waals surface area (Å²) in [5.41, 5.74) is 1.82. The van der Waals surface area contributed by atoms with Gasteiger partial charge in [-0.2, -0.15) is 0 Å². The Balaban J connectivity index is 1.42. The van der Waals surface area contributed by atoms with Crippen LogP contribution in [0.15, 0.2) is 46.8 Å². The molecule has 1 aromatic carbocycles. The van der Waals surface area contributed by atoms with Crippen molar-refractivity contribution in [3.05, 3.63) is 57.8 Å². The van der Waals surface area contributed by atoms with E-state index in [0.29, 0.717) is 18.0 Å². The molecule has 1 unspecified atom stereocenters. The summed E-state index contributed by atoms with van der Waals surface area (Å²) in [6, 6.07) is 12.1. The second-order valence-electron chi connectivity index (χ2n) is 8.03. The Kier molecular flexibility index (Phi) is 8.28. The number of carbonyl (C=O) groups is 1. The van der Waals surface area contributed by atoms with E-state index in [1.54, 1.807) is 26.0 Å². The van der Waals surface area contributed by atoms with Crippen LogP contribution >= 0.6 is 11.3 Å². The minimum atomic E-state index is 0.0209. The second-order valence-corrected chi connectivity index (χ2v) is 9.06. The molecule has 3 rings (SSSR count). The number of amides is 1. The molecule has 162 valence electrons. The molecule has 1 fully saturated rings. The van der Waals surface area contributed by atoms with Gasteiger partial charge in [-0.1, -0.05) is 18.2 Å². The summed E-state index contributed by atoms with van der Waals surface area (Å²) >= 11 is 1.84. The van der Waals surface area contributed by atoms with Crippen LogP contribution in [0.5, 0.6) is 0 Å². The zero-order valence-corrected chi connectivity index (χ0v) is 19.0. The fourth-order valence-electron chi connectivity index (χ4n) is 3.76. The number of rotatable bonds is 7. The largest absolute Gasteiger partial charge is 0.356 e. The van der Waals surface area contributed by atoms with E-state index in [1.807, 2.05) is 35.6 Å². The zero-order chi connectivity index (χ0) is 21.3. The van der Waals surface area contributed by atoms with Gasteiger partial charge in [0.2, 0.25) is 0 Å². The van der Waals surface area contributed by atoms with Crippen LogP contribution in [0.3, 0.4) is 0 Å². The molecule has 2 aromatic rings. The van der Waals surface area contributed by atoms with E-state index in [9.17, 15) is 4.79 Å². The molecule has 0 bridgehead atoms. The van der Waals surface area contributed by atoms with Gasteiger partial charge in [0.05, 0.1) is 0 Å². The molecule has 2 heterocycles. The molecule has 0 aliphatic carbocycles. The molecule has 1 aliphatic rings. The summed E-state index contributed by atoms with van der Waals surface area (Å²) in [7, 11) is 5.33. The molecular weight excluding hydrogens is 394 g/mol. The SMILES string of the molecule is CN=C(NCc1ccc(C(=O)N(C)C)cc1)NCC1CCCN(Cc2cccs2)C1. The van der Waals surface area contributed by atoms with E-state index >= 15 is 0 Å². The predicted molar refractivity (Wildman–Crippen MR) is 125 cm³/mol. The molecule has 2 N–H and O–H groups in total. The summed E-state index contributed by atoms with van der Waals surface area (Å²) in [5.74, 6) is 1.47. The maximum Gasteiger partial charge on any atom is 0.253 e. The van der Waals surface area contributed by atoms with Gasteiger partial charge >= 0.3 is 0 Å². The van der Waals surface area contributed by atoms with Gasteiger partial charge in [0.15, 0.2) is 5.96 Å². The number of nitrogens with zero attached hydrogens (tertiary/aromatic N) is 3. The van der Waals surface area contributed by atoms with E-state index in [-0.39, 0.29) is 5.91 Å². The van der Waals surface area contributed by atoms with Gasteiger partial charge in [-0.05, 0) is 54.4 Å². The Bertz CT molecular complexity index is 817. The van der Waals surface area contributed by atoms with Crippen molar-refractivity contribution in [3.63, 3.8) is 0 Å². The molecule has 0 radical (unpaired) electrons. The van der Waals surface area contributed by atoms with Crippen molar-refractivity contribution in [2.45, 2.75) is 25.9 Å². The average Bonchev–Trinajstić information content (AvgIpc) is 3.27. The molecule has 6 nitrogen and oxygen atoms in total. The number of carbonyl (C=O) groups excluding carboxylic acids is 1. The van der Waals surface area contributed by atoms with E-state index in [1.165, 1.54) is 24.3 Å². The fraction of sp³-hybridized carbons (Fsp3) is 0.478. The molecule has 0 spiro atoms. The minimum Gasteiger partial charge on any atom is -0.356 e. The zero-order valence-electron chi connectivity index (χ0n) is 18.2. The van der Waals surface area contributed by atoms with Crippen molar-refractivity contribution in [1.29, 1.82) is 0 Å². The number of likely N-dealkylation sites (tertiary alicyclic amines) is 1. The van der Waals surface area contributed by atoms with Gasteiger partial charge in [0, 0.05) is 57.8 Å². The van der Waals surface area contributed by atoms with Gasteiger partial charge in [0.1, 0.15) is 0 Å². The predicted octanol–water partition coefficient (Wildman–Crippen LogP) is 3.03. The highest BCUT2D eigenvalue weighted by molar-refractivity contribution is 7.09. The van der Waals surface area contributed by atoms with Crippen molar-refractivity contribution < 1.29 is 4.79 Å². The molecule has 1 saturated heterocycles. The van der Waals surface area contributed by atoms with Crippen molar-refractivity contribution in [2.75, 3.05) is 40.8 Å². The third-order valence-corrected chi connectivity index (χ3v) is 6.27. The van der Waals surface area contributed by atoms with Crippen molar-refractivity contribution in [1.82, 2.24) is 20.4 Å². The summed E-state index contributed by atoms with van der Waals surface area (Å²) in [5, 5.41) is 9.02. The first kappa shape index (κ1) is 22.3. The number of hydrogen-bond acceptors (Lipinski definition) is 4. The number of guanidine groups is 1. The third kappa shape index (κ3) is 6.57. The number of nitrogens with one attached hydrogen (secondary N) is 2. The van der Waals surface area contributed by atoms with E-state index in [0.717, 1.165) is 31.2 Å². The molecule has 1 amide bonds. The van der Waals surface area contributed by atoms with Gasteiger partial charge < -0.3 is 15.5 Å². The average molecular weight is 428 g/mol. The Morgan fingerprint density at radius 3 is 2.70 bits per heavy atom. The minimum absolute atomic E-state index is 0.0209. The Labute approximate surface area is 184 Å². The smallest absolute Gasteiger partial charge is 0.253 e. The quantitative estimate of drug-likeness (QED) is 0.527. The Morgan fingerprint density at radius 2 is 2.03 bits per heavy atom. The van der Waals surface area contributed by atoms with Crippen LogP contribution in [0.4, 0.5) is 0 Å². The maximum atomic E-state index is 12.0. The summed E-state index contributed by atoms with van der Waals surface area (Å²) < 4.78 is 0. The number of aliphatic imine (C=N–C) groups is 1. The monoisotopic (exact) mass is 427 g/mol. The Morgan fingerprint density at radius 1 is 1.23 bits per heavy atom. The van der Waals surface area contributed by atoms with Crippen molar-refractivity contribution >= 4 is 23.2 Å². The molecule has 1 aliphatic heterocycles. The van der Waals surface area contributed by atoms with E-state index in [2.05, 4.69) is 38.0 Å². The third-order valence-electron chi connectivity index (χ3n) is 5.41. The van der Waals surface area contributed by atoms with E-state index < -0.39 is 0 Å². The number of piperidine rings is 1. The van der Waals surface area contributed by atoms with Crippen LogP contribution in [-0.4, -0.2) is 62.4 Å². The highest BCUT2D eigenvalue weighted by Crippen LogP contribution is 2.20. The van der Waals surface area contributed by atoms with Crippen LogP contribution in [-0.2, 0) is 13.1 Å². The molecule has 1 aromatic heterocycles. The second kappa shape index (κ2) is 11.1. The molecule has 30 heavy (non-hydrogen) atoms. The highest BCUT2D eigenvalue weighted by Gasteiger charge is 2.20. The fourth-order valence-corrected chi connectivity index (χ4v) is 4.50. The molecule has 0 saturated carbocycles. The summed E-state index contributed by atoms with van der Waals surface area (Å²) in [6.45, 7) is 4.98. The van der Waals surface area contributed by atoms with Gasteiger partial charge in [0.25, 0.3) is 5.91 Å². The first-order valence-corrected chi connectivity index (χ1v) is 11.4. The van der Waals surface area contributed by atoms with Crippen LogP contribution in [0.1, 0.15) is 33.6 Å². The Hall–Kier alpha value is -2.38. The number of benzene rings is 1. The van der Waals surface area contributed by atoms with Gasteiger partial charge in [-0.15, -0.1) is 11.3 Å². The van der Waals surface area contributed by atoms with Crippen LogP contribution < -0.4 is 10.6 Å². The lowest BCUT2D eigenvalue weighted by atomic mass is 9.98. The van der Waals surface area contributed by atoms with Crippen molar-refractivity contribution in [3.8, 4) is 0 Å². The maximum absolute atomic E-state index is 12.0.